The van der Waals surface area contributed by atoms with Gasteiger partial charge in [-0.3, -0.25) is 4.79 Å². The molecule has 88 valence electrons. The van der Waals surface area contributed by atoms with Gasteiger partial charge < -0.3 is 15.1 Å². The molecule has 2 heterocycles. The van der Waals surface area contributed by atoms with Gasteiger partial charge in [-0.1, -0.05) is 0 Å². The summed E-state index contributed by atoms with van der Waals surface area (Å²) in [5.74, 6) is 0.275. The van der Waals surface area contributed by atoms with Gasteiger partial charge in [-0.25, -0.2) is 4.98 Å². The molecule has 2 unspecified atom stereocenters. The summed E-state index contributed by atoms with van der Waals surface area (Å²) in [6.07, 6.45) is 3.01. The van der Waals surface area contributed by atoms with Crippen LogP contribution in [0.15, 0.2) is 10.8 Å². The van der Waals surface area contributed by atoms with Crippen LogP contribution >= 0.6 is 0 Å². The molecule has 5 heteroatoms. The van der Waals surface area contributed by atoms with Crippen LogP contribution in [0.4, 0.5) is 0 Å². The van der Waals surface area contributed by atoms with Crippen molar-refractivity contribution in [1.29, 1.82) is 0 Å². The van der Waals surface area contributed by atoms with Gasteiger partial charge in [0.25, 0.3) is 5.91 Å². The number of carbonyl (C=O) groups is 1. The SMILES string of the molecule is Cc1ncoc1C(=O)N1CCC(N)CC1C. The molecule has 0 aromatic carbocycles. The van der Waals surface area contributed by atoms with Gasteiger partial charge in [0.05, 0.1) is 5.69 Å². The first-order valence-corrected chi connectivity index (χ1v) is 5.56. The maximum absolute atomic E-state index is 12.2. The van der Waals surface area contributed by atoms with Crippen molar-refractivity contribution >= 4 is 5.91 Å². The van der Waals surface area contributed by atoms with Crippen LogP contribution in [0.3, 0.4) is 0 Å². The summed E-state index contributed by atoms with van der Waals surface area (Å²) in [6.45, 7) is 4.49. The van der Waals surface area contributed by atoms with E-state index in [2.05, 4.69) is 4.98 Å². The molecule has 0 spiro atoms. The zero-order valence-electron chi connectivity index (χ0n) is 9.64. The van der Waals surface area contributed by atoms with Crippen molar-refractivity contribution in [1.82, 2.24) is 9.88 Å². The maximum atomic E-state index is 12.2. The predicted octanol–water partition coefficient (Wildman–Crippen LogP) is 0.935. The number of rotatable bonds is 1. The van der Waals surface area contributed by atoms with E-state index in [1.54, 1.807) is 6.92 Å². The zero-order valence-corrected chi connectivity index (χ0v) is 9.64. The molecule has 1 aromatic rings. The molecule has 0 bridgehead atoms. The third-order valence-corrected chi connectivity index (χ3v) is 3.12. The van der Waals surface area contributed by atoms with E-state index < -0.39 is 0 Å². The number of nitrogens with zero attached hydrogens (tertiary/aromatic N) is 2. The van der Waals surface area contributed by atoms with E-state index in [-0.39, 0.29) is 18.0 Å². The summed E-state index contributed by atoms with van der Waals surface area (Å²) < 4.78 is 5.12. The van der Waals surface area contributed by atoms with Crippen molar-refractivity contribution in [2.45, 2.75) is 38.8 Å². The van der Waals surface area contributed by atoms with Crippen molar-refractivity contribution in [3.8, 4) is 0 Å². The van der Waals surface area contributed by atoms with Crippen molar-refractivity contribution < 1.29 is 9.21 Å². The average Bonchev–Trinajstić information content (AvgIpc) is 2.63. The predicted molar refractivity (Wildman–Crippen MR) is 58.9 cm³/mol. The fourth-order valence-corrected chi connectivity index (χ4v) is 2.15. The number of aryl methyl sites for hydroxylation is 1. The molecule has 1 aromatic heterocycles. The van der Waals surface area contributed by atoms with Gasteiger partial charge in [-0.15, -0.1) is 0 Å². The summed E-state index contributed by atoms with van der Waals surface area (Å²) in [5, 5.41) is 0. The van der Waals surface area contributed by atoms with E-state index in [1.165, 1.54) is 6.39 Å². The van der Waals surface area contributed by atoms with Crippen LogP contribution in [0, 0.1) is 6.92 Å². The van der Waals surface area contributed by atoms with Gasteiger partial charge in [0, 0.05) is 18.6 Å². The van der Waals surface area contributed by atoms with Crippen LogP contribution in [0.5, 0.6) is 0 Å². The number of aromatic nitrogens is 1. The van der Waals surface area contributed by atoms with Crippen molar-refractivity contribution in [2.24, 2.45) is 5.73 Å². The molecule has 16 heavy (non-hydrogen) atoms. The van der Waals surface area contributed by atoms with E-state index in [9.17, 15) is 4.79 Å². The van der Waals surface area contributed by atoms with Crippen LogP contribution in [0.2, 0.25) is 0 Å². The fourth-order valence-electron chi connectivity index (χ4n) is 2.15. The first-order valence-electron chi connectivity index (χ1n) is 5.56. The lowest BCUT2D eigenvalue weighted by Crippen LogP contribution is -2.48. The Balaban J connectivity index is 2.14. The maximum Gasteiger partial charge on any atom is 0.291 e. The molecule has 0 radical (unpaired) electrons. The minimum absolute atomic E-state index is 0.0746. The molecule has 2 N–H and O–H groups in total. The number of amides is 1. The van der Waals surface area contributed by atoms with Crippen LogP contribution < -0.4 is 5.73 Å². The Morgan fingerprint density at radius 3 is 3.00 bits per heavy atom. The van der Waals surface area contributed by atoms with Crippen molar-refractivity contribution in [3.05, 3.63) is 17.8 Å². The Hall–Kier alpha value is -1.36. The Bertz CT molecular complexity index is 388. The number of piperidine rings is 1. The molecule has 2 rings (SSSR count). The second-order valence-corrected chi connectivity index (χ2v) is 4.40. The lowest BCUT2D eigenvalue weighted by molar-refractivity contribution is 0.0585. The zero-order chi connectivity index (χ0) is 11.7. The standard InChI is InChI=1S/C11H17N3O2/c1-7-5-9(12)3-4-14(7)11(15)10-8(2)13-6-16-10/h6-7,9H,3-5,12H2,1-2H3. The molecule has 1 aliphatic rings. The van der Waals surface area contributed by atoms with E-state index >= 15 is 0 Å². The van der Waals surface area contributed by atoms with E-state index in [4.69, 9.17) is 10.2 Å². The second-order valence-electron chi connectivity index (χ2n) is 4.40. The Morgan fingerprint density at radius 1 is 1.69 bits per heavy atom. The minimum atomic E-state index is -0.0746. The molecule has 5 nitrogen and oxygen atoms in total. The lowest BCUT2D eigenvalue weighted by atomic mass is 9.99. The highest BCUT2D eigenvalue weighted by Gasteiger charge is 2.30. The summed E-state index contributed by atoms with van der Waals surface area (Å²) in [7, 11) is 0. The molecule has 1 aliphatic heterocycles. The molecule has 0 saturated carbocycles. The molecule has 1 amide bonds. The smallest absolute Gasteiger partial charge is 0.291 e. The molecular weight excluding hydrogens is 206 g/mol. The van der Waals surface area contributed by atoms with Crippen LogP contribution in [0.1, 0.15) is 36.0 Å². The topological polar surface area (TPSA) is 72.4 Å². The van der Waals surface area contributed by atoms with E-state index in [1.807, 2.05) is 11.8 Å². The fraction of sp³-hybridized carbons (Fsp3) is 0.636. The molecular formula is C11H17N3O2. The van der Waals surface area contributed by atoms with Gasteiger partial charge in [-0.2, -0.15) is 0 Å². The summed E-state index contributed by atoms with van der Waals surface area (Å²) >= 11 is 0. The highest BCUT2D eigenvalue weighted by molar-refractivity contribution is 5.92. The summed E-state index contributed by atoms with van der Waals surface area (Å²) in [4.78, 5) is 17.9. The third-order valence-electron chi connectivity index (χ3n) is 3.12. The van der Waals surface area contributed by atoms with E-state index in [0.29, 0.717) is 18.0 Å². The summed E-state index contributed by atoms with van der Waals surface area (Å²) in [6, 6.07) is 0.371. The minimum Gasteiger partial charge on any atom is -0.438 e. The Kier molecular flexibility index (Phi) is 2.96. The first kappa shape index (κ1) is 11.1. The Morgan fingerprint density at radius 2 is 2.44 bits per heavy atom. The van der Waals surface area contributed by atoms with Crippen LogP contribution in [-0.4, -0.2) is 34.4 Å². The summed E-state index contributed by atoms with van der Waals surface area (Å²) in [5.41, 5.74) is 6.51. The van der Waals surface area contributed by atoms with Crippen LogP contribution in [-0.2, 0) is 0 Å². The first-order chi connectivity index (χ1) is 7.59. The van der Waals surface area contributed by atoms with Crippen molar-refractivity contribution in [2.75, 3.05) is 6.54 Å². The Labute approximate surface area is 94.6 Å². The van der Waals surface area contributed by atoms with Gasteiger partial charge >= 0.3 is 0 Å². The van der Waals surface area contributed by atoms with E-state index in [0.717, 1.165) is 12.8 Å². The normalized spacial score (nSPS) is 25.8. The number of oxazole rings is 1. The molecule has 1 saturated heterocycles. The van der Waals surface area contributed by atoms with Crippen molar-refractivity contribution in [3.63, 3.8) is 0 Å². The lowest BCUT2D eigenvalue weighted by Gasteiger charge is -2.35. The third kappa shape index (κ3) is 1.95. The quantitative estimate of drug-likeness (QED) is 0.768. The molecule has 0 aliphatic carbocycles. The number of hydrogen-bond donors (Lipinski definition) is 1. The highest BCUT2D eigenvalue weighted by atomic mass is 16.3. The number of likely N-dealkylation sites (tertiary alicyclic amines) is 1. The van der Waals surface area contributed by atoms with Gasteiger partial charge in [-0.05, 0) is 26.7 Å². The average molecular weight is 223 g/mol. The highest BCUT2D eigenvalue weighted by Crippen LogP contribution is 2.19. The number of hydrogen-bond acceptors (Lipinski definition) is 4. The monoisotopic (exact) mass is 223 g/mol. The number of carbonyl (C=O) groups excluding carboxylic acids is 1. The van der Waals surface area contributed by atoms with Gasteiger partial charge in [0.2, 0.25) is 5.76 Å². The molecule has 1 fully saturated rings. The second kappa shape index (κ2) is 4.25. The van der Waals surface area contributed by atoms with Gasteiger partial charge in [0.15, 0.2) is 6.39 Å². The number of nitrogens with two attached hydrogens (primary N) is 1. The van der Waals surface area contributed by atoms with Crippen LogP contribution in [0.25, 0.3) is 0 Å². The largest absolute Gasteiger partial charge is 0.438 e. The van der Waals surface area contributed by atoms with Gasteiger partial charge in [0.1, 0.15) is 0 Å². The molecule has 2 atom stereocenters.